The lowest BCUT2D eigenvalue weighted by molar-refractivity contribution is 0.0948. The fourth-order valence-electron chi connectivity index (χ4n) is 3.61. The molecule has 0 bridgehead atoms. The fourth-order valence-corrected chi connectivity index (χ4v) is 3.61. The van der Waals surface area contributed by atoms with Crippen molar-refractivity contribution in [3.05, 3.63) is 57.0 Å². The van der Waals surface area contributed by atoms with Crippen molar-refractivity contribution in [1.82, 2.24) is 20.3 Å². The Bertz CT molecular complexity index is 855. The Morgan fingerprint density at radius 1 is 1.20 bits per heavy atom. The van der Waals surface area contributed by atoms with Gasteiger partial charge in [-0.3, -0.25) is 14.6 Å². The second kappa shape index (κ2) is 6.78. The summed E-state index contributed by atoms with van der Waals surface area (Å²) in [6.07, 6.45) is 10.9. The number of carbonyl (C=O) groups excluding carboxylic acids is 1. The molecule has 2 aliphatic rings. The molecule has 2 aromatic rings. The minimum atomic E-state index is -0.399. The van der Waals surface area contributed by atoms with E-state index in [0.717, 1.165) is 37.8 Å². The van der Waals surface area contributed by atoms with Crippen molar-refractivity contribution in [3.63, 3.8) is 0 Å². The third kappa shape index (κ3) is 3.21. The summed E-state index contributed by atoms with van der Waals surface area (Å²) in [6, 6.07) is 2.06. The quantitative estimate of drug-likeness (QED) is 0.895. The molecule has 1 fully saturated rings. The molecule has 1 saturated carbocycles. The lowest BCUT2D eigenvalue weighted by atomic mass is 9.85. The van der Waals surface area contributed by atoms with Crippen molar-refractivity contribution >= 4 is 5.91 Å². The van der Waals surface area contributed by atoms with Gasteiger partial charge in [0.15, 0.2) is 0 Å². The molecular formula is C19H22N4O2. The van der Waals surface area contributed by atoms with Crippen molar-refractivity contribution in [1.29, 1.82) is 0 Å². The predicted octanol–water partition coefficient (Wildman–Crippen LogP) is 2.24. The van der Waals surface area contributed by atoms with Crippen LogP contribution in [0.1, 0.15) is 71.0 Å². The highest BCUT2D eigenvalue weighted by atomic mass is 16.2. The first-order valence-corrected chi connectivity index (χ1v) is 9.05. The van der Waals surface area contributed by atoms with Crippen LogP contribution in [-0.2, 0) is 19.4 Å². The molecule has 6 heteroatoms. The predicted molar refractivity (Wildman–Crippen MR) is 93.5 cm³/mol. The fraction of sp³-hybridized carbons (Fsp3) is 0.474. The van der Waals surface area contributed by atoms with Gasteiger partial charge in [0, 0.05) is 18.3 Å². The number of nitrogens with zero attached hydrogens (tertiary/aromatic N) is 2. The second-order valence-corrected chi connectivity index (χ2v) is 6.92. The number of H-pyrrole nitrogens is 1. The van der Waals surface area contributed by atoms with E-state index in [0.29, 0.717) is 18.3 Å². The molecule has 2 aliphatic carbocycles. The van der Waals surface area contributed by atoms with Crippen LogP contribution in [0.2, 0.25) is 0 Å². The average Bonchev–Trinajstić information content (AvgIpc) is 2.58. The molecule has 2 aromatic heterocycles. The number of aromatic nitrogens is 3. The summed E-state index contributed by atoms with van der Waals surface area (Å²) in [6.45, 7) is 0.339. The van der Waals surface area contributed by atoms with E-state index in [9.17, 15) is 9.59 Å². The number of rotatable bonds is 4. The van der Waals surface area contributed by atoms with Crippen molar-refractivity contribution in [2.45, 2.75) is 57.4 Å². The van der Waals surface area contributed by atoms with Crippen LogP contribution in [0.3, 0.4) is 0 Å². The Morgan fingerprint density at radius 3 is 2.80 bits per heavy atom. The highest BCUT2D eigenvalue weighted by molar-refractivity contribution is 5.93. The van der Waals surface area contributed by atoms with Crippen LogP contribution in [0.4, 0.5) is 0 Å². The number of nitrogens with one attached hydrogen (secondary N) is 2. The second-order valence-electron chi connectivity index (χ2n) is 6.92. The zero-order valence-corrected chi connectivity index (χ0v) is 14.2. The summed E-state index contributed by atoms with van der Waals surface area (Å²) in [5.41, 5.74) is 3.18. The van der Waals surface area contributed by atoms with Gasteiger partial charge in [0.1, 0.15) is 11.4 Å². The highest BCUT2D eigenvalue weighted by Crippen LogP contribution is 2.33. The van der Waals surface area contributed by atoms with Crippen LogP contribution in [0.15, 0.2) is 23.3 Å². The normalized spacial score (nSPS) is 16.8. The molecule has 1 amide bonds. The van der Waals surface area contributed by atoms with Crippen molar-refractivity contribution < 1.29 is 4.79 Å². The van der Waals surface area contributed by atoms with Gasteiger partial charge in [0.05, 0.1) is 12.2 Å². The van der Waals surface area contributed by atoms with Gasteiger partial charge in [-0.05, 0) is 55.7 Å². The molecule has 0 atom stereocenters. The molecular weight excluding hydrogens is 316 g/mol. The Hall–Kier alpha value is -2.50. The van der Waals surface area contributed by atoms with E-state index < -0.39 is 5.91 Å². The van der Waals surface area contributed by atoms with Gasteiger partial charge in [-0.25, -0.2) is 4.98 Å². The summed E-state index contributed by atoms with van der Waals surface area (Å²) in [7, 11) is 0. The van der Waals surface area contributed by atoms with E-state index in [2.05, 4.69) is 26.3 Å². The summed E-state index contributed by atoms with van der Waals surface area (Å²) >= 11 is 0. The van der Waals surface area contributed by atoms with E-state index in [1.807, 2.05) is 0 Å². The Balaban J connectivity index is 1.47. The molecule has 0 spiro atoms. The summed E-state index contributed by atoms with van der Waals surface area (Å²) in [5, 5.41) is 2.82. The molecule has 2 N–H and O–H groups in total. The maximum atomic E-state index is 12.4. The van der Waals surface area contributed by atoms with E-state index in [4.69, 9.17) is 0 Å². The van der Waals surface area contributed by atoms with Crippen molar-refractivity contribution in [2.75, 3.05) is 0 Å². The third-order valence-electron chi connectivity index (χ3n) is 5.34. The lowest BCUT2D eigenvalue weighted by Gasteiger charge is -2.23. The molecule has 0 radical (unpaired) electrons. The van der Waals surface area contributed by atoms with Gasteiger partial charge in [-0.1, -0.05) is 6.42 Å². The zero-order valence-electron chi connectivity index (χ0n) is 14.2. The Labute approximate surface area is 146 Å². The number of amides is 1. The van der Waals surface area contributed by atoms with E-state index in [1.165, 1.54) is 30.2 Å². The first-order valence-electron chi connectivity index (χ1n) is 9.05. The molecule has 0 aromatic carbocycles. The molecule has 6 nitrogen and oxygen atoms in total. The summed E-state index contributed by atoms with van der Waals surface area (Å²) < 4.78 is 0. The standard InChI is InChI=1S/C19H22N4O2/c24-18(15-10-21-17(23-19(15)25)13-5-3-6-13)22-11-16-14-7-2-1-4-12(14)8-9-20-16/h8-10,13H,1-7,11H2,(H,22,24)(H,21,23,25). The van der Waals surface area contributed by atoms with E-state index in [-0.39, 0.29) is 11.1 Å². The maximum Gasteiger partial charge on any atom is 0.263 e. The van der Waals surface area contributed by atoms with Crippen molar-refractivity contribution in [3.8, 4) is 0 Å². The minimum Gasteiger partial charge on any atom is -0.346 e. The number of carbonyl (C=O) groups is 1. The van der Waals surface area contributed by atoms with Gasteiger partial charge in [-0.2, -0.15) is 0 Å². The van der Waals surface area contributed by atoms with Crippen LogP contribution in [0, 0.1) is 0 Å². The lowest BCUT2D eigenvalue weighted by Crippen LogP contribution is -2.31. The van der Waals surface area contributed by atoms with Gasteiger partial charge in [0.25, 0.3) is 11.5 Å². The van der Waals surface area contributed by atoms with E-state index >= 15 is 0 Å². The Kier molecular flexibility index (Phi) is 4.34. The van der Waals surface area contributed by atoms with Crippen LogP contribution in [0.25, 0.3) is 0 Å². The van der Waals surface area contributed by atoms with Crippen LogP contribution in [0.5, 0.6) is 0 Å². The topological polar surface area (TPSA) is 87.7 Å². The molecule has 0 saturated heterocycles. The van der Waals surface area contributed by atoms with Gasteiger partial charge in [0.2, 0.25) is 0 Å². The number of aromatic amines is 1. The first kappa shape index (κ1) is 16.0. The number of aryl methyl sites for hydroxylation is 1. The summed E-state index contributed by atoms with van der Waals surface area (Å²) in [4.78, 5) is 36.0. The molecule has 4 rings (SSSR count). The molecule has 0 aliphatic heterocycles. The summed E-state index contributed by atoms with van der Waals surface area (Å²) in [5.74, 6) is 0.639. The van der Waals surface area contributed by atoms with Gasteiger partial charge >= 0.3 is 0 Å². The van der Waals surface area contributed by atoms with Crippen molar-refractivity contribution in [2.24, 2.45) is 0 Å². The molecule has 2 heterocycles. The third-order valence-corrected chi connectivity index (χ3v) is 5.34. The number of hydrogen-bond acceptors (Lipinski definition) is 4. The average molecular weight is 338 g/mol. The first-order chi connectivity index (χ1) is 12.2. The van der Waals surface area contributed by atoms with E-state index in [1.54, 1.807) is 6.20 Å². The van der Waals surface area contributed by atoms with Gasteiger partial charge < -0.3 is 10.3 Å². The van der Waals surface area contributed by atoms with Crippen LogP contribution in [-0.4, -0.2) is 20.9 Å². The zero-order chi connectivity index (χ0) is 17.2. The van der Waals surface area contributed by atoms with Crippen LogP contribution < -0.4 is 10.9 Å². The smallest absolute Gasteiger partial charge is 0.263 e. The number of hydrogen-bond donors (Lipinski definition) is 2. The SMILES string of the molecule is O=C(NCc1nccc2c1CCCC2)c1cnc(C2CCC2)[nH]c1=O. The van der Waals surface area contributed by atoms with Crippen LogP contribution >= 0.6 is 0 Å². The minimum absolute atomic E-state index is 0.0628. The van der Waals surface area contributed by atoms with Gasteiger partial charge in [-0.15, -0.1) is 0 Å². The molecule has 25 heavy (non-hydrogen) atoms. The largest absolute Gasteiger partial charge is 0.346 e. The number of pyridine rings is 1. The number of fused-ring (bicyclic) bond motifs is 1. The Morgan fingerprint density at radius 2 is 2.04 bits per heavy atom. The molecule has 0 unspecified atom stereocenters. The monoisotopic (exact) mass is 338 g/mol. The maximum absolute atomic E-state index is 12.4. The highest BCUT2D eigenvalue weighted by Gasteiger charge is 2.23. The molecule has 130 valence electrons.